The fourth-order valence-electron chi connectivity index (χ4n) is 5.48. The van der Waals surface area contributed by atoms with E-state index in [-0.39, 0.29) is 35.4 Å². The van der Waals surface area contributed by atoms with Gasteiger partial charge in [0.1, 0.15) is 23.6 Å². The molecular formula is C28H28FN5O3. The molecule has 8 nitrogen and oxygen atoms in total. The Hall–Kier alpha value is -4.19. The molecule has 0 bridgehead atoms. The van der Waals surface area contributed by atoms with Gasteiger partial charge in [-0.15, -0.1) is 0 Å². The first-order chi connectivity index (χ1) is 17.5. The van der Waals surface area contributed by atoms with Crippen LogP contribution < -0.4 is 10.6 Å². The number of H-pyrrole nitrogens is 1. The van der Waals surface area contributed by atoms with Crippen molar-refractivity contribution in [1.82, 2.24) is 15.2 Å². The molecule has 5 rings (SSSR count). The summed E-state index contributed by atoms with van der Waals surface area (Å²) in [6.45, 7) is 5.89. The molecule has 1 spiro atoms. The second-order valence-electron chi connectivity index (χ2n) is 11.1. The lowest BCUT2D eigenvalue weighted by atomic mass is 9.80. The van der Waals surface area contributed by atoms with Crippen molar-refractivity contribution in [2.45, 2.75) is 51.1 Å². The maximum atomic E-state index is 14.2. The summed E-state index contributed by atoms with van der Waals surface area (Å²) < 4.78 is 14.2. The average Bonchev–Trinajstić information content (AvgIpc) is 3.53. The largest absolute Gasteiger partial charge is 0.350 e. The van der Waals surface area contributed by atoms with Crippen molar-refractivity contribution in [3.63, 3.8) is 0 Å². The lowest BCUT2D eigenvalue weighted by Gasteiger charge is -2.31. The number of nitrogens with one attached hydrogen (secondary N) is 3. The lowest BCUT2D eigenvalue weighted by Crippen LogP contribution is -2.52. The smallest absolute Gasteiger partial charge is 0.268 e. The zero-order valence-electron chi connectivity index (χ0n) is 20.9. The molecule has 1 saturated heterocycles. The highest BCUT2D eigenvalue weighted by atomic mass is 19.1. The molecule has 3 amide bonds. The van der Waals surface area contributed by atoms with Crippen molar-refractivity contribution in [3.05, 3.63) is 65.6 Å². The molecule has 0 radical (unpaired) electrons. The van der Waals surface area contributed by atoms with Gasteiger partial charge in [-0.25, -0.2) is 4.39 Å². The number of aromatic amines is 1. The zero-order chi connectivity index (χ0) is 26.5. The van der Waals surface area contributed by atoms with Gasteiger partial charge in [0.05, 0.1) is 11.5 Å². The number of likely N-dealkylation sites (tertiary alicyclic amines) is 1. The number of nitriles is 1. The minimum absolute atomic E-state index is 0.0427. The van der Waals surface area contributed by atoms with Gasteiger partial charge in [0.15, 0.2) is 0 Å². The quantitative estimate of drug-likeness (QED) is 0.503. The molecule has 3 heterocycles. The molecule has 2 aliphatic rings. The van der Waals surface area contributed by atoms with Gasteiger partial charge in [-0.1, -0.05) is 45.0 Å². The maximum Gasteiger partial charge on any atom is 0.268 e. The zero-order valence-corrected chi connectivity index (χ0v) is 20.9. The molecule has 3 N–H and O–H groups in total. The van der Waals surface area contributed by atoms with E-state index in [0.29, 0.717) is 17.6 Å². The molecule has 2 aliphatic heterocycles. The van der Waals surface area contributed by atoms with E-state index in [1.54, 1.807) is 18.2 Å². The first-order valence-electron chi connectivity index (χ1n) is 12.2. The molecule has 9 heteroatoms. The van der Waals surface area contributed by atoms with E-state index in [2.05, 4.69) is 21.7 Å². The van der Waals surface area contributed by atoms with Gasteiger partial charge in [-0.05, 0) is 41.7 Å². The number of rotatable bonds is 4. The van der Waals surface area contributed by atoms with E-state index in [1.165, 1.54) is 17.0 Å². The van der Waals surface area contributed by atoms with E-state index in [9.17, 15) is 24.0 Å². The van der Waals surface area contributed by atoms with E-state index >= 15 is 0 Å². The molecule has 0 unspecified atom stereocenters. The van der Waals surface area contributed by atoms with Crippen molar-refractivity contribution in [2.75, 3.05) is 11.9 Å². The number of hydrogen-bond acceptors (Lipinski definition) is 4. The third kappa shape index (κ3) is 4.22. The van der Waals surface area contributed by atoms with Crippen LogP contribution in [0.25, 0.3) is 10.9 Å². The predicted molar refractivity (Wildman–Crippen MR) is 136 cm³/mol. The number of nitrogens with zero attached hydrogens (tertiary/aromatic N) is 2. The molecule has 0 aliphatic carbocycles. The van der Waals surface area contributed by atoms with Gasteiger partial charge < -0.3 is 20.5 Å². The van der Waals surface area contributed by atoms with Gasteiger partial charge >= 0.3 is 0 Å². The molecule has 3 atom stereocenters. The molecule has 1 fully saturated rings. The van der Waals surface area contributed by atoms with Crippen LogP contribution in [0.2, 0.25) is 0 Å². The Morgan fingerprint density at radius 3 is 2.70 bits per heavy atom. The number of hydrogen-bond donors (Lipinski definition) is 3. The average molecular weight is 502 g/mol. The fraction of sp³-hybridized carbons (Fsp3) is 0.357. The number of carbonyl (C=O) groups excluding carboxylic acids is 3. The first-order valence-corrected chi connectivity index (χ1v) is 12.2. The lowest BCUT2D eigenvalue weighted by molar-refractivity contribution is -0.134. The third-order valence-electron chi connectivity index (χ3n) is 7.19. The van der Waals surface area contributed by atoms with Gasteiger partial charge in [0.2, 0.25) is 11.8 Å². The number of benzene rings is 2. The minimum Gasteiger partial charge on any atom is -0.350 e. The molecule has 2 aromatic carbocycles. The SMILES string of the molecule is CC(C)(C)C[C@H](NC(=O)c1cc2c(F)cccc2[nH]1)C(=O)N1C[C@]2(C[C@H]1C#N)C(=O)Nc1ccccc12. The van der Waals surface area contributed by atoms with Gasteiger partial charge in [-0.2, -0.15) is 5.26 Å². The van der Waals surface area contributed by atoms with Crippen LogP contribution in [-0.4, -0.2) is 46.2 Å². The van der Waals surface area contributed by atoms with E-state index in [1.807, 2.05) is 39.0 Å². The van der Waals surface area contributed by atoms with Crippen molar-refractivity contribution in [2.24, 2.45) is 5.41 Å². The Balaban J connectivity index is 1.44. The number of fused-ring (bicyclic) bond motifs is 3. The summed E-state index contributed by atoms with van der Waals surface area (Å²) in [6, 6.07) is 13.7. The van der Waals surface area contributed by atoms with Crippen LogP contribution in [0.5, 0.6) is 0 Å². The minimum atomic E-state index is -1.02. The number of aromatic nitrogens is 1. The van der Waals surface area contributed by atoms with Crippen LogP contribution in [0, 0.1) is 22.6 Å². The van der Waals surface area contributed by atoms with Crippen molar-refractivity contribution < 1.29 is 18.8 Å². The standard InChI is InChI=1S/C28H28FN5O3/c1-27(2,3)13-23(32-24(35)22-11-17-19(29)8-6-10-20(17)31-22)25(36)34-15-28(12-16(34)14-30)18-7-4-5-9-21(18)33-26(28)37/h4-11,16,23,31H,12-13,15H2,1-3H3,(H,32,35)(H,33,37)/t16-,23-,28-/m0/s1. The Bertz CT molecular complexity index is 1470. The molecule has 37 heavy (non-hydrogen) atoms. The second-order valence-corrected chi connectivity index (χ2v) is 11.1. The van der Waals surface area contributed by atoms with E-state index in [4.69, 9.17) is 0 Å². The molecule has 3 aromatic rings. The van der Waals surface area contributed by atoms with Gasteiger partial charge in [-0.3, -0.25) is 14.4 Å². The Morgan fingerprint density at radius 2 is 2.00 bits per heavy atom. The van der Waals surface area contributed by atoms with E-state index in [0.717, 1.165) is 5.56 Å². The Kier molecular flexibility index (Phi) is 5.78. The Labute approximate surface area is 213 Å². The molecule has 0 saturated carbocycles. The molecule has 1 aromatic heterocycles. The van der Waals surface area contributed by atoms with Crippen LogP contribution in [0.4, 0.5) is 10.1 Å². The summed E-state index contributed by atoms with van der Waals surface area (Å²) in [5.74, 6) is -1.67. The van der Waals surface area contributed by atoms with Gasteiger partial charge in [0.25, 0.3) is 5.91 Å². The summed E-state index contributed by atoms with van der Waals surface area (Å²) in [5, 5.41) is 15.9. The normalized spacial score (nSPS) is 21.5. The van der Waals surface area contributed by atoms with Crippen LogP contribution in [0.3, 0.4) is 0 Å². The van der Waals surface area contributed by atoms with Gasteiger partial charge in [0, 0.05) is 29.6 Å². The fourth-order valence-corrected chi connectivity index (χ4v) is 5.48. The first kappa shape index (κ1) is 24.5. The monoisotopic (exact) mass is 501 g/mol. The molecular weight excluding hydrogens is 473 g/mol. The van der Waals surface area contributed by atoms with Crippen LogP contribution >= 0.6 is 0 Å². The summed E-state index contributed by atoms with van der Waals surface area (Å²) in [6.07, 6.45) is 0.478. The Morgan fingerprint density at radius 1 is 1.24 bits per heavy atom. The van der Waals surface area contributed by atoms with Crippen LogP contribution in [0.1, 0.15) is 49.7 Å². The summed E-state index contributed by atoms with van der Waals surface area (Å²) in [4.78, 5) is 44.5. The second kappa shape index (κ2) is 8.73. The highest BCUT2D eigenvalue weighted by molar-refractivity contribution is 6.07. The number of halogens is 1. The summed E-state index contributed by atoms with van der Waals surface area (Å²) in [7, 11) is 0. The van der Waals surface area contributed by atoms with E-state index < -0.39 is 35.1 Å². The summed E-state index contributed by atoms with van der Waals surface area (Å²) in [5.41, 5.74) is 0.705. The summed E-state index contributed by atoms with van der Waals surface area (Å²) >= 11 is 0. The highest BCUT2D eigenvalue weighted by Crippen LogP contribution is 2.46. The number of carbonyl (C=O) groups is 3. The number of amides is 3. The maximum absolute atomic E-state index is 14.2. The molecule has 190 valence electrons. The third-order valence-corrected chi connectivity index (χ3v) is 7.19. The van der Waals surface area contributed by atoms with Crippen LogP contribution in [-0.2, 0) is 15.0 Å². The van der Waals surface area contributed by atoms with Crippen LogP contribution in [0.15, 0.2) is 48.5 Å². The topological polar surface area (TPSA) is 118 Å². The number of anilines is 1. The van der Waals surface area contributed by atoms with Crippen molar-refractivity contribution in [1.29, 1.82) is 5.26 Å². The van der Waals surface area contributed by atoms with Crippen molar-refractivity contribution >= 4 is 34.3 Å². The number of para-hydroxylation sites is 1. The predicted octanol–water partition coefficient (Wildman–Crippen LogP) is 3.86. The van der Waals surface area contributed by atoms with Crippen molar-refractivity contribution in [3.8, 4) is 6.07 Å². The highest BCUT2D eigenvalue weighted by Gasteiger charge is 2.56.